The number of aromatic nitrogens is 4. The van der Waals surface area contributed by atoms with E-state index in [1.54, 1.807) is 18.9 Å². The van der Waals surface area contributed by atoms with Gasteiger partial charge >= 0.3 is 0 Å². The van der Waals surface area contributed by atoms with Crippen molar-refractivity contribution < 1.29 is 0 Å². The standard InChI is InChI=1S/C9H10N4/c1-7-8(2)11-5-12-9(7)13-4-3-10-6-13/h3-6H,1-2H3. The second-order valence-electron chi connectivity index (χ2n) is 2.88. The van der Waals surface area contributed by atoms with Crippen molar-refractivity contribution in [2.24, 2.45) is 0 Å². The zero-order valence-corrected chi connectivity index (χ0v) is 7.60. The number of hydrogen-bond acceptors (Lipinski definition) is 3. The van der Waals surface area contributed by atoms with E-state index in [1.165, 1.54) is 0 Å². The van der Waals surface area contributed by atoms with E-state index in [1.807, 2.05) is 24.6 Å². The maximum atomic E-state index is 4.19. The first-order valence-electron chi connectivity index (χ1n) is 4.05. The van der Waals surface area contributed by atoms with Crippen molar-refractivity contribution in [1.29, 1.82) is 0 Å². The summed E-state index contributed by atoms with van der Waals surface area (Å²) < 4.78 is 1.88. The van der Waals surface area contributed by atoms with Gasteiger partial charge in [-0.2, -0.15) is 0 Å². The molecule has 4 nitrogen and oxygen atoms in total. The van der Waals surface area contributed by atoms with E-state index in [0.717, 1.165) is 17.1 Å². The average molecular weight is 174 g/mol. The number of aryl methyl sites for hydroxylation is 1. The van der Waals surface area contributed by atoms with E-state index < -0.39 is 0 Å². The highest BCUT2D eigenvalue weighted by atomic mass is 15.1. The SMILES string of the molecule is Cc1ncnc(-n2ccnc2)c1C. The van der Waals surface area contributed by atoms with E-state index in [4.69, 9.17) is 0 Å². The monoisotopic (exact) mass is 174 g/mol. The van der Waals surface area contributed by atoms with Crippen molar-refractivity contribution in [3.05, 3.63) is 36.3 Å². The van der Waals surface area contributed by atoms with E-state index >= 15 is 0 Å². The van der Waals surface area contributed by atoms with Crippen molar-refractivity contribution in [1.82, 2.24) is 19.5 Å². The summed E-state index contributed by atoms with van der Waals surface area (Å²) in [7, 11) is 0. The van der Waals surface area contributed by atoms with Crippen LogP contribution in [0.1, 0.15) is 11.3 Å². The quantitative estimate of drug-likeness (QED) is 0.654. The Balaban J connectivity index is 2.59. The third-order valence-electron chi connectivity index (χ3n) is 2.06. The number of hydrogen-bond donors (Lipinski definition) is 0. The summed E-state index contributed by atoms with van der Waals surface area (Å²) >= 11 is 0. The number of nitrogens with zero attached hydrogens (tertiary/aromatic N) is 4. The van der Waals surface area contributed by atoms with Crippen LogP contribution in [0, 0.1) is 13.8 Å². The molecule has 2 aromatic heterocycles. The number of rotatable bonds is 1. The second-order valence-corrected chi connectivity index (χ2v) is 2.88. The van der Waals surface area contributed by atoms with Gasteiger partial charge in [0.05, 0.1) is 0 Å². The fourth-order valence-corrected chi connectivity index (χ4v) is 1.17. The van der Waals surface area contributed by atoms with Crippen molar-refractivity contribution in [2.75, 3.05) is 0 Å². The molecule has 0 aliphatic carbocycles. The van der Waals surface area contributed by atoms with Crippen LogP contribution in [-0.2, 0) is 0 Å². The molecule has 2 aromatic rings. The summed E-state index contributed by atoms with van der Waals surface area (Å²) in [6.07, 6.45) is 6.90. The molecule has 0 aromatic carbocycles. The Hall–Kier alpha value is -1.71. The highest BCUT2D eigenvalue weighted by molar-refractivity contribution is 5.34. The molecule has 2 heterocycles. The van der Waals surface area contributed by atoms with Gasteiger partial charge in [-0.05, 0) is 13.8 Å². The first-order valence-corrected chi connectivity index (χ1v) is 4.05. The minimum atomic E-state index is 0.894. The van der Waals surface area contributed by atoms with Gasteiger partial charge in [-0.15, -0.1) is 0 Å². The Kier molecular flexibility index (Phi) is 1.81. The Morgan fingerprint density at radius 2 is 2.08 bits per heavy atom. The van der Waals surface area contributed by atoms with Crippen LogP contribution in [0.3, 0.4) is 0 Å². The summed E-state index contributed by atoms with van der Waals surface area (Å²) in [5.41, 5.74) is 2.08. The minimum Gasteiger partial charge on any atom is -0.290 e. The molecule has 0 bridgehead atoms. The van der Waals surface area contributed by atoms with Crippen molar-refractivity contribution in [2.45, 2.75) is 13.8 Å². The second kappa shape index (κ2) is 2.97. The van der Waals surface area contributed by atoms with E-state index in [0.29, 0.717) is 0 Å². The molecular weight excluding hydrogens is 164 g/mol. The summed E-state index contributed by atoms with van der Waals surface area (Å²) in [5, 5.41) is 0. The molecule has 0 amide bonds. The molecule has 4 heteroatoms. The van der Waals surface area contributed by atoms with Crippen LogP contribution >= 0.6 is 0 Å². The molecule has 0 unspecified atom stereocenters. The van der Waals surface area contributed by atoms with Gasteiger partial charge in [-0.1, -0.05) is 0 Å². The Labute approximate surface area is 76.3 Å². The van der Waals surface area contributed by atoms with Crippen LogP contribution in [0.2, 0.25) is 0 Å². The smallest absolute Gasteiger partial charge is 0.144 e. The van der Waals surface area contributed by atoms with Crippen molar-refractivity contribution in [3.63, 3.8) is 0 Å². The van der Waals surface area contributed by atoms with E-state index in [2.05, 4.69) is 15.0 Å². The lowest BCUT2D eigenvalue weighted by atomic mass is 10.2. The Bertz CT molecular complexity index is 406. The zero-order valence-electron chi connectivity index (χ0n) is 7.60. The number of imidazole rings is 1. The molecule has 0 fully saturated rings. The summed E-state index contributed by atoms with van der Waals surface area (Å²) in [5.74, 6) is 0.894. The fourth-order valence-electron chi connectivity index (χ4n) is 1.17. The lowest BCUT2D eigenvalue weighted by molar-refractivity contribution is 0.931. The van der Waals surface area contributed by atoms with Crippen molar-refractivity contribution >= 4 is 0 Å². The van der Waals surface area contributed by atoms with Crippen LogP contribution in [0.4, 0.5) is 0 Å². The maximum Gasteiger partial charge on any atom is 0.144 e. The third-order valence-corrected chi connectivity index (χ3v) is 2.06. The van der Waals surface area contributed by atoms with Crippen LogP contribution in [0.25, 0.3) is 5.82 Å². The van der Waals surface area contributed by atoms with Gasteiger partial charge < -0.3 is 0 Å². The lowest BCUT2D eigenvalue weighted by Crippen LogP contribution is -2.01. The van der Waals surface area contributed by atoms with E-state index in [9.17, 15) is 0 Å². The molecule has 13 heavy (non-hydrogen) atoms. The predicted octanol–water partition coefficient (Wildman–Crippen LogP) is 1.28. The molecule has 0 atom stereocenters. The lowest BCUT2D eigenvalue weighted by Gasteiger charge is -2.05. The largest absolute Gasteiger partial charge is 0.290 e. The molecular formula is C9H10N4. The summed E-state index contributed by atoms with van der Waals surface area (Å²) in [6, 6.07) is 0. The van der Waals surface area contributed by atoms with Crippen LogP contribution in [-0.4, -0.2) is 19.5 Å². The molecule has 0 aliphatic heterocycles. The summed E-state index contributed by atoms with van der Waals surface area (Å²) in [6.45, 7) is 3.97. The first-order chi connectivity index (χ1) is 6.29. The van der Waals surface area contributed by atoms with Crippen LogP contribution in [0.5, 0.6) is 0 Å². The Morgan fingerprint density at radius 3 is 2.77 bits per heavy atom. The van der Waals surface area contributed by atoms with Gasteiger partial charge in [0.15, 0.2) is 0 Å². The predicted molar refractivity (Wildman–Crippen MR) is 48.6 cm³/mol. The maximum absolute atomic E-state index is 4.19. The molecule has 0 aliphatic rings. The zero-order chi connectivity index (χ0) is 9.26. The fraction of sp³-hybridized carbons (Fsp3) is 0.222. The molecule has 0 saturated carbocycles. The van der Waals surface area contributed by atoms with Gasteiger partial charge in [-0.3, -0.25) is 4.57 Å². The summed E-state index contributed by atoms with van der Waals surface area (Å²) in [4.78, 5) is 12.3. The van der Waals surface area contributed by atoms with Gasteiger partial charge in [0.2, 0.25) is 0 Å². The average Bonchev–Trinajstić information content (AvgIpc) is 2.62. The first kappa shape index (κ1) is 7.91. The molecule has 66 valence electrons. The van der Waals surface area contributed by atoms with Crippen molar-refractivity contribution in [3.8, 4) is 5.82 Å². The molecule has 0 radical (unpaired) electrons. The third kappa shape index (κ3) is 1.30. The molecule has 0 saturated heterocycles. The van der Waals surface area contributed by atoms with Crippen LogP contribution in [0.15, 0.2) is 25.0 Å². The van der Waals surface area contributed by atoms with Gasteiger partial charge in [0, 0.05) is 23.7 Å². The highest BCUT2D eigenvalue weighted by Gasteiger charge is 2.03. The molecule has 2 rings (SSSR count). The van der Waals surface area contributed by atoms with E-state index in [-0.39, 0.29) is 0 Å². The topological polar surface area (TPSA) is 43.6 Å². The van der Waals surface area contributed by atoms with Crippen LogP contribution < -0.4 is 0 Å². The highest BCUT2D eigenvalue weighted by Crippen LogP contribution is 2.11. The molecule has 0 spiro atoms. The normalized spacial score (nSPS) is 10.3. The Morgan fingerprint density at radius 1 is 1.23 bits per heavy atom. The van der Waals surface area contributed by atoms with Gasteiger partial charge in [0.1, 0.15) is 18.5 Å². The van der Waals surface area contributed by atoms with Gasteiger partial charge in [0.25, 0.3) is 0 Å². The van der Waals surface area contributed by atoms with Gasteiger partial charge in [-0.25, -0.2) is 15.0 Å². The minimum absolute atomic E-state index is 0.894. The molecule has 0 N–H and O–H groups in total.